The molecule has 3 aromatic rings. The Morgan fingerprint density at radius 3 is 2.97 bits per heavy atom. The average molecular weight is 400 g/mol. The number of methoxy groups -OCH3 is 1. The highest BCUT2D eigenvalue weighted by molar-refractivity contribution is 6.15. The molecule has 5 rings (SSSR count). The maximum Gasteiger partial charge on any atom is 0.231 e. The van der Waals surface area contributed by atoms with Crippen LogP contribution in [0.25, 0.3) is 6.08 Å². The van der Waals surface area contributed by atoms with Gasteiger partial charge in [-0.2, -0.15) is 0 Å². The minimum absolute atomic E-state index is 0.125. The van der Waals surface area contributed by atoms with Gasteiger partial charge in [-0.1, -0.05) is 18.2 Å². The third-order valence-electron chi connectivity index (χ3n) is 5.20. The molecule has 0 aliphatic carbocycles. The minimum atomic E-state index is -0.125. The molecule has 0 atom stereocenters. The molecule has 1 aromatic heterocycles. The second kappa shape index (κ2) is 7.65. The molecule has 3 heterocycles. The Bertz CT molecular complexity index is 1140. The van der Waals surface area contributed by atoms with Gasteiger partial charge in [0, 0.05) is 25.5 Å². The second-order valence-electron chi connectivity index (χ2n) is 7.26. The van der Waals surface area contributed by atoms with Gasteiger partial charge in [-0.3, -0.25) is 14.7 Å². The van der Waals surface area contributed by atoms with E-state index in [1.54, 1.807) is 25.4 Å². The normalized spacial score (nSPS) is 16.6. The maximum atomic E-state index is 12.9. The lowest BCUT2D eigenvalue weighted by molar-refractivity contribution is 0.0872. The number of hydrogen-bond donors (Lipinski definition) is 0. The average Bonchev–Trinajstić information content (AvgIpc) is 3.10. The number of allylic oxidation sites excluding steroid dienone is 1. The van der Waals surface area contributed by atoms with Gasteiger partial charge in [0.1, 0.15) is 24.0 Å². The van der Waals surface area contributed by atoms with E-state index in [2.05, 4.69) is 9.88 Å². The molecule has 30 heavy (non-hydrogen) atoms. The van der Waals surface area contributed by atoms with Gasteiger partial charge in [0.05, 0.1) is 18.2 Å². The summed E-state index contributed by atoms with van der Waals surface area (Å²) in [4.78, 5) is 19.2. The molecular formula is C24H20N2O4. The molecule has 6 heteroatoms. The third kappa shape index (κ3) is 3.42. The number of carbonyl (C=O) groups is 1. The first-order chi connectivity index (χ1) is 14.7. The molecular weight excluding hydrogens is 380 g/mol. The monoisotopic (exact) mass is 400 g/mol. The highest BCUT2D eigenvalue weighted by atomic mass is 16.5. The van der Waals surface area contributed by atoms with Crippen LogP contribution in [0.3, 0.4) is 0 Å². The number of Topliss-reactive ketones (excluding diaryl/α,β-unsaturated/α-hetero) is 1. The van der Waals surface area contributed by atoms with E-state index in [9.17, 15) is 4.79 Å². The largest absolute Gasteiger partial charge is 0.497 e. The number of ether oxygens (including phenoxy) is 3. The van der Waals surface area contributed by atoms with Gasteiger partial charge < -0.3 is 14.2 Å². The second-order valence-corrected chi connectivity index (χ2v) is 7.26. The molecule has 0 spiro atoms. The van der Waals surface area contributed by atoms with Crippen LogP contribution in [0.2, 0.25) is 0 Å². The highest BCUT2D eigenvalue weighted by Crippen LogP contribution is 2.42. The zero-order valence-corrected chi connectivity index (χ0v) is 16.5. The summed E-state index contributed by atoms with van der Waals surface area (Å²) in [5.74, 6) is 2.24. The molecule has 0 unspecified atom stereocenters. The zero-order valence-electron chi connectivity index (χ0n) is 16.5. The number of aromatic nitrogens is 1. The van der Waals surface area contributed by atoms with Crippen molar-refractivity contribution in [1.82, 2.24) is 9.88 Å². The van der Waals surface area contributed by atoms with Crippen LogP contribution < -0.4 is 14.2 Å². The first kappa shape index (κ1) is 18.4. The lowest BCUT2D eigenvalue weighted by atomic mass is 10.0. The van der Waals surface area contributed by atoms with Gasteiger partial charge >= 0.3 is 0 Å². The van der Waals surface area contributed by atoms with E-state index in [-0.39, 0.29) is 5.78 Å². The third-order valence-corrected chi connectivity index (χ3v) is 5.20. The van der Waals surface area contributed by atoms with Crippen LogP contribution >= 0.6 is 0 Å². The van der Waals surface area contributed by atoms with E-state index >= 15 is 0 Å². The van der Waals surface area contributed by atoms with Gasteiger partial charge in [-0.05, 0) is 47.5 Å². The Balaban J connectivity index is 1.43. The van der Waals surface area contributed by atoms with E-state index in [1.165, 1.54) is 0 Å². The molecule has 0 fully saturated rings. The van der Waals surface area contributed by atoms with Crippen molar-refractivity contribution in [3.63, 3.8) is 0 Å². The smallest absolute Gasteiger partial charge is 0.231 e. The van der Waals surface area contributed by atoms with Gasteiger partial charge in [0.25, 0.3) is 0 Å². The molecule has 2 aromatic carbocycles. The van der Waals surface area contributed by atoms with Crippen molar-refractivity contribution in [2.45, 2.75) is 13.1 Å². The van der Waals surface area contributed by atoms with E-state index in [4.69, 9.17) is 14.2 Å². The van der Waals surface area contributed by atoms with Crippen LogP contribution in [0.1, 0.15) is 27.0 Å². The number of pyridine rings is 1. The number of rotatable bonds is 4. The predicted octanol–water partition coefficient (Wildman–Crippen LogP) is 4.06. The van der Waals surface area contributed by atoms with Gasteiger partial charge in [0.2, 0.25) is 5.78 Å². The van der Waals surface area contributed by atoms with Crippen molar-refractivity contribution in [2.24, 2.45) is 0 Å². The fraction of sp³-hybridized carbons (Fsp3) is 0.167. The topological polar surface area (TPSA) is 60.9 Å². The van der Waals surface area contributed by atoms with Gasteiger partial charge in [-0.15, -0.1) is 0 Å². The first-order valence-corrected chi connectivity index (χ1v) is 9.69. The first-order valence-electron chi connectivity index (χ1n) is 9.69. The van der Waals surface area contributed by atoms with Crippen molar-refractivity contribution in [3.05, 3.63) is 88.9 Å². The highest BCUT2D eigenvalue weighted by Gasteiger charge is 2.33. The molecule has 0 saturated heterocycles. The van der Waals surface area contributed by atoms with Gasteiger partial charge in [0.15, 0.2) is 5.76 Å². The van der Waals surface area contributed by atoms with E-state index in [0.717, 1.165) is 28.2 Å². The van der Waals surface area contributed by atoms with Crippen molar-refractivity contribution in [2.75, 3.05) is 13.8 Å². The fourth-order valence-electron chi connectivity index (χ4n) is 3.74. The van der Waals surface area contributed by atoms with E-state index in [1.807, 2.05) is 48.7 Å². The zero-order chi connectivity index (χ0) is 20.5. The van der Waals surface area contributed by atoms with Crippen LogP contribution in [0.15, 0.2) is 66.7 Å². The van der Waals surface area contributed by atoms with Crippen molar-refractivity contribution >= 4 is 11.9 Å². The summed E-state index contributed by atoms with van der Waals surface area (Å²) in [6.45, 7) is 1.81. The van der Waals surface area contributed by atoms with Crippen molar-refractivity contribution in [1.29, 1.82) is 0 Å². The summed E-state index contributed by atoms with van der Waals surface area (Å²) in [6, 6.07) is 15.1. The minimum Gasteiger partial charge on any atom is -0.497 e. The molecule has 6 nitrogen and oxygen atoms in total. The number of ketones is 1. The van der Waals surface area contributed by atoms with E-state index in [0.29, 0.717) is 36.9 Å². The summed E-state index contributed by atoms with van der Waals surface area (Å²) < 4.78 is 17.2. The molecule has 0 amide bonds. The summed E-state index contributed by atoms with van der Waals surface area (Å²) in [7, 11) is 1.61. The SMILES string of the molecule is COc1cccc(/C=C2\Oc3c(ccc4c3CN(Cc3cccnc3)CO4)C2=O)c1. The Hall–Kier alpha value is -3.64. The number of benzene rings is 2. The Kier molecular flexibility index (Phi) is 4.69. The van der Waals surface area contributed by atoms with Crippen LogP contribution in [0.4, 0.5) is 0 Å². The number of hydrogen-bond acceptors (Lipinski definition) is 6. The van der Waals surface area contributed by atoms with Crippen molar-refractivity contribution in [3.8, 4) is 17.2 Å². The Labute approximate surface area is 174 Å². The maximum absolute atomic E-state index is 12.9. The number of fused-ring (bicyclic) bond motifs is 3. The molecule has 0 bridgehead atoms. The molecule has 150 valence electrons. The molecule has 2 aliphatic rings. The van der Waals surface area contributed by atoms with Crippen LogP contribution in [0.5, 0.6) is 17.2 Å². The Morgan fingerprint density at radius 2 is 2.13 bits per heavy atom. The predicted molar refractivity (Wildman–Crippen MR) is 111 cm³/mol. The van der Waals surface area contributed by atoms with Crippen LogP contribution in [-0.2, 0) is 13.1 Å². The quantitative estimate of drug-likeness (QED) is 0.616. The molecule has 0 N–H and O–H groups in total. The Morgan fingerprint density at radius 1 is 1.20 bits per heavy atom. The molecule has 2 aliphatic heterocycles. The summed E-state index contributed by atoms with van der Waals surface area (Å²) in [6.07, 6.45) is 5.35. The lowest BCUT2D eigenvalue weighted by Gasteiger charge is -2.29. The molecule has 0 radical (unpaired) electrons. The van der Waals surface area contributed by atoms with Crippen LogP contribution in [-0.4, -0.2) is 29.5 Å². The number of nitrogens with zero attached hydrogens (tertiary/aromatic N) is 2. The summed E-state index contributed by atoms with van der Waals surface area (Å²) in [5.41, 5.74) is 3.40. The summed E-state index contributed by atoms with van der Waals surface area (Å²) >= 11 is 0. The fourth-order valence-corrected chi connectivity index (χ4v) is 3.74. The molecule has 0 saturated carbocycles. The lowest BCUT2D eigenvalue weighted by Crippen LogP contribution is -2.31. The van der Waals surface area contributed by atoms with E-state index < -0.39 is 0 Å². The number of carbonyl (C=O) groups excluding carboxylic acids is 1. The van der Waals surface area contributed by atoms with Crippen molar-refractivity contribution < 1.29 is 19.0 Å². The van der Waals surface area contributed by atoms with Crippen LogP contribution in [0, 0.1) is 0 Å². The summed E-state index contributed by atoms with van der Waals surface area (Å²) in [5, 5.41) is 0. The standard InChI is InChI=1S/C24H20N2O4/c1-28-18-6-2-4-16(10-18)11-22-23(27)19-7-8-21-20(24(19)30-22)14-26(15-29-21)13-17-5-3-9-25-12-17/h2-12H,13-15H2,1H3/b22-11-. The van der Waals surface area contributed by atoms with Gasteiger partial charge in [-0.25, -0.2) is 0 Å².